The molecule has 0 radical (unpaired) electrons. The van der Waals surface area contributed by atoms with Gasteiger partial charge < -0.3 is 5.73 Å². The molecule has 2 aromatic carbocycles. The fourth-order valence-corrected chi connectivity index (χ4v) is 2.41. The van der Waals surface area contributed by atoms with Crippen LogP contribution in [0, 0.1) is 0 Å². The van der Waals surface area contributed by atoms with E-state index in [1.165, 1.54) is 0 Å². The van der Waals surface area contributed by atoms with Gasteiger partial charge in [0, 0.05) is 16.7 Å². The number of benzene rings is 2. The summed E-state index contributed by atoms with van der Waals surface area (Å²) < 4.78 is 0. The van der Waals surface area contributed by atoms with Crippen LogP contribution in [0.3, 0.4) is 0 Å². The highest BCUT2D eigenvalue weighted by Gasteiger charge is 2.31. The Balaban J connectivity index is 2.38. The molecule has 18 heavy (non-hydrogen) atoms. The van der Waals surface area contributed by atoms with Crippen molar-refractivity contribution in [1.29, 1.82) is 0 Å². The van der Waals surface area contributed by atoms with Crippen LogP contribution in [0.4, 0.5) is 5.69 Å². The Morgan fingerprint density at radius 1 is 0.833 bits per heavy atom. The molecule has 3 rings (SSSR count). The molecule has 4 heteroatoms. The van der Waals surface area contributed by atoms with Crippen molar-refractivity contribution in [3.63, 3.8) is 0 Å². The third-order valence-corrected chi connectivity index (χ3v) is 3.47. The third kappa shape index (κ3) is 1.31. The van der Waals surface area contributed by atoms with Crippen LogP contribution in [0.2, 0.25) is 5.02 Å². The minimum Gasteiger partial charge on any atom is -0.398 e. The van der Waals surface area contributed by atoms with Gasteiger partial charge >= 0.3 is 0 Å². The smallest absolute Gasteiger partial charge is 0.196 e. The van der Waals surface area contributed by atoms with Crippen LogP contribution in [0.5, 0.6) is 0 Å². The number of hydrogen-bond donors (Lipinski definition) is 1. The normalized spacial score (nSPS) is 13.2. The molecule has 0 amide bonds. The van der Waals surface area contributed by atoms with Crippen molar-refractivity contribution in [3.05, 3.63) is 63.7 Å². The molecule has 1 aliphatic rings. The van der Waals surface area contributed by atoms with Gasteiger partial charge in [0.15, 0.2) is 11.6 Å². The van der Waals surface area contributed by atoms with Gasteiger partial charge in [0.25, 0.3) is 0 Å². The number of halogens is 1. The van der Waals surface area contributed by atoms with Gasteiger partial charge in [-0.1, -0.05) is 35.9 Å². The van der Waals surface area contributed by atoms with Crippen molar-refractivity contribution in [2.24, 2.45) is 0 Å². The quantitative estimate of drug-likeness (QED) is 0.630. The topological polar surface area (TPSA) is 60.2 Å². The molecule has 0 aromatic heterocycles. The zero-order valence-electron chi connectivity index (χ0n) is 9.24. The second kappa shape index (κ2) is 3.68. The average Bonchev–Trinajstić information content (AvgIpc) is 2.39. The fraction of sp³-hybridized carbons (Fsp3) is 0. The molecule has 88 valence electrons. The van der Waals surface area contributed by atoms with Crippen molar-refractivity contribution in [3.8, 4) is 0 Å². The first kappa shape index (κ1) is 11.0. The lowest BCUT2D eigenvalue weighted by molar-refractivity contribution is 0.0979. The van der Waals surface area contributed by atoms with Gasteiger partial charge in [-0.05, 0) is 12.1 Å². The molecule has 0 heterocycles. The Kier molecular flexibility index (Phi) is 2.25. The number of nitrogen functional groups attached to an aromatic ring is 1. The molecular weight excluding hydrogens is 250 g/mol. The minimum absolute atomic E-state index is 0.153. The zero-order valence-corrected chi connectivity index (χ0v) is 9.99. The van der Waals surface area contributed by atoms with Crippen LogP contribution in [-0.2, 0) is 0 Å². The maximum Gasteiger partial charge on any atom is 0.196 e. The third-order valence-electron chi connectivity index (χ3n) is 3.06. The van der Waals surface area contributed by atoms with Crippen LogP contribution in [0.25, 0.3) is 0 Å². The summed E-state index contributed by atoms with van der Waals surface area (Å²) in [4.78, 5) is 24.6. The Morgan fingerprint density at radius 3 is 2.11 bits per heavy atom. The Hall–Kier alpha value is -2.13. The van der Waals surface area contributed by atoms with Gasteiger partial charge in [0.2, 0.25) is 0 Å². The van der Waals surface area contributed by atoms with E-state index in [-0.39, 0.29) is 22.2 Å². The van der Waals surface area contributed by atoms with Gasteiger partial charge in [0.1, 0.15) is 0 Å². The molecule has 0 saturated carbocycles. The average molecular weight is 258 g/mol. The van der Waals surface area contributed by atoms with Crippen LogP contribution in [-0.4, -0.2) is 11.6 Å². The highest BCUT2D eigenvalue weighted by atomic mass is 35.5. The molecule has 0 bridgehead atoms. The summed E-state index contributed by atoms with van der Waals surface area (Å²) >= 11 is 6.04. The number of carbonyl (C=O) groups excluding carboxylic acids is 2. The SMILES string of the molecule is Nc1ccc2c(c1Cl)C(=O)c1ccccc1C2=O. The lowest BCUT2D eigenvalue weighted by Crippen LogP contribution is -2.21. The lowest BCUT2D eigenvalue weighted by atomic mass is 9.84. The second-order valence-electron chi connectivity index (χ2n) is 4.10. The summed E-state index contributed by atoms with van der Waals surface area (Å²) in [5, 5.41) is 0.153. The first-order chi connectivity index (χ1) is 8.61. The molecule has 0 fully saturated rings. The lowest BCUT2D eigenvalue weighted by Gasteiger charge is -2.18. The minimum atomic E-state index is -0.252. The van der Waals surface area contributed by atoms with Gasteiger partial charge in [-0.3, -0.25) is 9.59 Å². The van der Waals surface area contributed by atoms with Crippen LogP contribution < -0.4 is 5.73 Å². The summed E-state index contributed by atoms with van der Waals surface area (Å²) in [6.07, 6.45) is 0. The first-order valence-corrected chi connectivity index (χ1v) is 5.75. The van der Waals surface area contributed by atoms with Gasteiger partial charge in [0.05, 0.1) is 16.3 Å². The highest BCUT2D eigenvalue weighted by Crippen LogP contribution is 2.34. The summed E-state index contributed by atoms with van der Waals surface area (Å²) in [5.74, 6) is -0.445. The molecule has 2 aromatic rings. The Labute approximate surface area is 108 Å². The van der Waals surface area contributed by atoms with E-state index in [0.29, 0.717) is 22.4 Å². The Morgan fingerprint density at radius 2 is 1.44 bits per heavy atom. The van der Waals surface area contributed by atoms with E-state index in [0.717, 1.165) is 0 Å². The van der Waals surface area contributed by atoms with Crippen molar-refractivity contribution in [1.82, 2.24) is 0 Å². The molecular formula is C14H8ClNO2. The summed E-state index contributed by atoms with van der Waals surface area (Å²) in [7, 11) is 0. The standard InChI is InChI=1S/C14H8ClNO2/c15-12-10(16)6-5-9-11(12)14(18)8-4-2-1-3-7(8)13(9)17/h1-6H,16H2. The zero-order chi connectivity index (χ0) is 12.9. The molecule has 2 N–H and O–H groups in total. The Bertz CT molecular complexity index is 707. The van der Waals surface area contributed by atoms with E-state index in [1.807, 2.05) is 0 Å². The molecule has 0 unspecified atom stereocenters. The molecule has 0 spiro atoms. The van der Waals surface area contributed by atoms with E-state index in [2.05, 4.69) is 0 Å². The second-order valence-corrected chi connectivity index (χ2v) is 4.47. The fourth-order valence-electron chi connectivity index (χ4n) is 2.16. The van der Waals surface area contributed by atoms with Crippen molar-refractivity contribution in [2.45, 2.75) is 0 Å². The number of fused-ring (bicyclic) bond motifs is 2. The number of carbonyl (C=O) groups is 2. The van der Waals surface area contributed by atoms with Crippen LogP contribution >= 0.6 is 11.6 Å². The maximum absolute atomic E-state index is 12.3. The predicted octanol–water partition coefficient (Wildman–Crippen LogP) is 2.70. The predicted molar refractivity (Wildman–Crippen MR) is 69.2 cm³/mol. The monoisotopic (exact) mass is 257 g/mol. The van der Waals surface area contributed by atoms with Gasteiger partial charge in [-0.15, -0.1) is 0 Å². The van der Waals surface area contributed by atoms with Crippen molar-refractivity contribution in [2.75, 3.05) is 5.73 Å². The largest absolute Gasteiger partial charge is 0.398 e. The molecule has 3 nitrogen and oxygen atoms in total. The summed E-state index contributed by atoms with van der Waals surface area (Å²) in [6, 6.07) is 9.80. The highest BCUT2D eigenvalue weighted by molar-refractivity contribution is 6.40. The van der Waals surface area contributed by atoms with E-state index in [4.69, 9.17) is 17.3 Å². The number of rotatable bonds is 0. The van der Waals surface area contributed by atoms with Gasteiger partial charge in [-0.25, -0.2) is 0 Å². The van der Waals surface area contributed by atoms with Crippen LogP contribution in [0.1, 0.15) is 31.8 Å². The summed E-state index contributed by atoms with van der Waals surface area (Å²) in [5.41, 5.74) is 7.29. The summed E-state index contributed by atoms with van der Waals surface area (Å²) in [6.45, 7) is 0. The molecule has 1 aliphatic carbocycles. The van der Waals surface area contributed by atoms with E-state index < -0.39 is 0 Å². The van der Waals surface area contributed by atoms with E-state index in [1.54, 1.807) is 36.4 Å². The van der Waals surface area contributed by atoms with Crippen LogP contribution in [0.15, 0.2) is 36.4 Å². The van der Waals surface area contributed by atoms with Crippen molar-refractivity contribution >= 4 is 28.9 Å². The number of hydrogen-bond acceptors (Lipinski definition) is 3. The number of ketones is 2. The van der Waals surface area contributed by atoms with E-state index >= 15 is 0 Å². The molecule has 0 saturated heterocycles. The number of anilines is 1. The van der Waals surface area contributed by atoms with E-state index in [9.17, 15) is 9.59 Å². The maximum atomic E-state index is 12.3. The van der Waals surface area contributed by atoms with Gasteiger partial charge in [-0.2, -0.15) is 0 Å². The van der Waals surface area contributed by atoms with Crippen molar-refractivity contribution < 1.29 is 9.59 Å². The first-order valence-electron chi connectivity index (χ1n) is 5.37. The molecule has 0 aliphatic heterocycles. The molecule has 0 atom stereocenters. The number of nitrogens with two attached hydrogens (primary N) is 1.